The maximum atomic E-state index is 12.4. The van der Waals surface area contributed by atoms with Crippen molar-refractivity contribution in [1.82, 2.24) is 15.1 Å². The minimum Gasteiger partial charge on any atom is -0.331 e. The van der Waals surface area contributed by atoms with Crippen LogP contribution in [0, 0.1) is 0 Å². The van der Waals surface area contributed by atoms with Gasteiger partial charge in [-0.15, -0.1) is 0 Å². The molecule has 0 aromatic rings. The van der Waals surface area contributed by atoms with Crippen LogP contribution in [0.3, 0.4) is 0 Å². The van der Waals surface area contributed by atoms with Crippen molar-refractivity contribution in [3.8, 4) is 0 Å². The highest BCUT2D eigenvalue weighted by atomic mass is 16.2. The standard InChI is InChI=1S/C15H23N3O3/c1-4-5-7-11-8-6-9-17(11)12(19)10-18-13(20)15(2,3)16-14(18)21/h6,8,11H,4-5,7,9-10H2,1-3H3,(H,16,21). The van der Waals surface area contributed by atoms with E-state index in [2.05, 4.69) is 12.2 Å². The van der Waals surface area contributed by atoms with Gasteiger partial charge in [0.2, 0.25) is 5.91 Å². The van der Waals surface area contributed by atoms with Gasteiger partial charge in [0.1, 0.15) is 12.1 Å². The molecule has 1 atom stereocenters. The van der Waals surface area contributed by atoms with Crippen molar-refractivity contribution in [3.63, 3.8) is 0 Å². The van der Waals surface area contributed by atoms with Gasteiger partial charge in [0.25, 0.3) is 5.91 Å². The van der Waals surface area contributed by atoms with E-state index in [-0.39, 0.29) is 24.4 Å². The van der Waals surface area contributed by atoms with E-state index in [0.29, 0.717) is 6.54 Å². The highest BCUT2D eigenvalue weighted by molar-refractivity contribution is 6.08. The first kappa shape index (κ1) is 15.5. The fraction of sp³-hybridized carbons (Fsp3) is 0.667. The summed E-state index contributed by atoms with van der Waals surface area (Å²) in [6.07, 6.45) is 7.05. The van der Waals surface area contributed by atoms with E-state index in [4.69, 9.17) is 0 Å². The van der Waals surface area contributed by atoms with Crippen LogP contribution in [-0.2, 0) is 9.59 Å². The summed E-state index contributed by atoms with van der Waals surface area (Å²) >= 11 is 0. The maximum absolute atomic E-state index is 12.4. The van der Waals surface area contributed by atoms with Crippen molar-refractivity contribution in [1.29, 1.82) is 0 Å². The van der Waals surface area contributed by atoms with Gasteiger partial charge in [-0.1, -0.05) is 31.9 Å². The number of unbranched alkanes of at least 4 members (excludes halogenated alkanes) is 1. The highest BCUT2D eigenvalue weighted by Crippen LogP contribution is 2.19. The molecular formula is C15H23N3O3. The number of hydrogen-bond donors (Lipinski definition) is 1. The summed E-state index contributed by atoms with van der Waals surface area (Å²) in [5, 5.41) is 2.59. The Labute approximate surface area is 125 Å². The first-order chi connectivity index (χ1) is 9.86. The first-order valence-corrected chi connectivity index (χ1v) is 7.47. The van der Waals surface area contributed by atoms with Gasteiger partial charge in [-0.25, -0.2) is 4.79 Å². The van der Waals surface area contributed by atoms with Crippen LogP contribution in [0.5, 0.6) is 0 Å². The van der Waals surface area contributed by atoms with Gasteiger partial charge in [0, 0.05) is 6.54 Å². The summed E-state index contributed by atoms with van der Waals surface area (Å²) in [6.45, 7) is 5.76. The first-order valence-electron chi connectivity index (χ1n) is 7.47. The van der Waals surface area contributed by atoms with Gasteiger partial charge >= 0.3 is 6.03 Å². The zero-order valence-electron chi connectivity index (χ0n) is 12.9. The molecule has 0 spiro atoms. The Morgan fingerprint density at radius 3 is 2.71 bits per heavy atom. The second-order valence-corrected chi connectivity index (χ2v) is 6.13. The number of hydrogen-bond acceptors (Lipinski definition) is 3. The summed E-state index contributed by atoms with van der Waals surface area (Å²) in [6, 6.07) is -0.401. The highest BCUT2D eigenvalue weighted by Gasteiger charge is 2.45. The van der Waals surface area contributed by atoms with Crippen LogP contribution >= 0.6 is 0 Å². The summed E-state index contributed by atoms with van der Waals surface area (Å²) < 4.78 is 0. The monoisotopic (exact) mass is 293 g/mol. The molecule has 6 nitrogen and oxygen atoms in total. The molecule has 2 aliphatic heterocycles. The number of imide groups is 1. The minimum absolute atomic E-state index is 0.0891. The summed E-state index contributed by atoms with van der Waals surface area (Å²) in [7, 11) is 0. The second kappa shape index (κ2) is 5.87. The molecule has 2 heterocycles. The molecule has 0 aliphatic carbocycles. The predicted octanol–water partition coefficient (Wildman–Crippen LogP) is 1.27. The molecule has 1 saturated heterocycles. The minimum atomic E-state index is -0.928. The van der Waals surface area contributed by atoms with Crippen LogP contribution in [0.2, 0.25) is 0 Å². The van der Waals surface area contributed by atoms with Crippen molar-refractivity contribution in [2.24, 2.45) is 0 Å². The van der Waals surface area contributed by atoms with E-state index in [1.807, 2.05) is 12.2 Å². The van der Waals surface area contributed by atoms with Gasteiger partial charge in [0.05, 0.1) is 6.04 Å². The van der Waals surface area contributed by atoms with E-state index >= 15 is 0 Å². The average Bonchev–Trinajstić information content (AvgIpc) is 2.95. The zero-order valence-corrected chi connectivity index (χ0v) is 12.9. The smallest absolute Gasteiger partial charge is 0.325 e. The third-order valence-corrected chi connectivity index (χ3v) is 3.97. The molecular weight excluding hydrogens is 270 g/mol. The van der Waals surface area contributed by atoms with Crippen molar-refractivity contribution in [3.05, 3.63) is 12.2 Å². The SMILES string of the molecule is CCCCC1C=CCN1C(=O)CN1C(=O)NC(C)(C)C1=O. The fourth-order valence-electron chi connectivity index (χ4n) is 2.71. The van der Waals surface area contributed by atoms with Crippen LogP contribution < -0.4 is 5.32 Å². The fourth-order valence-corrected chi connectivity index (χ4v) is 2.71. The van der Waals surface area contributed by atoms with Gasteiger partial charge in [0.15, 0.2) is 0 Å². The van der Waals surface area contributed by atoms with Crippen LogP contribution in [0.4, 0.5) is 4.79 Å². The largest absolute Gasteiger partial charge is 0.331 e. The Hall–Kier alpha value is -1.85. The van der Waals surface area contributed by atoms with Gasteiger partial charge in [-0.2, -0.15) is 0 Å². The number of rotatable bonds is 5. The van der Waals surface area contributed by atoms with Crippen LogP contribution in [0.15, 0.2) is 12.2 Å². The third kappa shape index (κ3) is 3.09. The van der Waals surface area contributed by atoms with Gasteiger partial charge < -0.3 is 10.2 Å². The molecule has 0 radical (unpaired) electrons. The van der Waals surface area contributed by atoms with Gasteiger partial charge in [-0.05, 0) is 20.3 Å². The number of urea groups is 1. The molecule has 1 N–H and O–H groups in total. The summed E-state index contributed by atoms with van der Waals surface area (Å²) in [5.74, 6) is -0.527. The van der Waals surface area contributed by atoms with Crippen molar-refractivity contribution < 1.29 is 14.4 Å². The number of carbonyl (C=O) groups excluding carboxylic acids is 3. The lowest BCUT2D eigenvalue weighted by atomic mass is 10.1. The molecule has 116 valence electrons. The lowest BCUT2D eigenvalue weighted by molar-refractivity contribution is -0.138. The second-order valence-electron chi connectivity index (χ2n) is 6.13. The Kier molecular flexibility index (Phi) is 4.34. The Bertz CT molecular complexity index is 485. The van der Waals surface area contributed by atoms with E-state index in [1.54, 1.807) is 18.7 Å². The zero-order chi connectivity index (χ0) is 15.6. The third-order valence-electron chi connectivity index (χ3n) is 3.97. The lowest BCUT2D eigenvalue weighted by Gasteiger charge is -2.26. The van der Waals surface area contributed by atoms with E-state index in [0.717, 1.165) is 24.2 Å². The topological polar surface area (TPSA) is 69.7 Å². The molecule has 2 aliphatic rings. The van der Waals surface area contributed by atoms with Crippen LogP contribution in [0.25, 0.3) is 0 Å². The maximum Gasteiger partial charge on any atom is 0.325 e. The number of carbonyl (C=O) groups is 3. The molecule has 0 saturated carbocycles. The molecule has 0 aromatic heterocycles. The van der Waals surface area contributed by atoms with E-state index < -0.39 is 11.6 Å². The number of nitrogens with zero attached hydrogens (tertiary/aromatic N) is 2. The molecule has 1 unspecified atom stereocenters. The molecule has 1 fully saturated rings. The Morgan fingerprint density at radius 2 is 2.14 bits per heavy atom. The van der Waals surface area contributed by atoms with Crippen LogP contribution in [0.1, 0.15) is 40.0 Å². The summed E-state index contributed by atoms with van der Waals surface area (Å²) in [5.41, 5.74) is -0.928. The van der Waals surface area contributed by atoms with Crippen molar-refractivity contribution in [2.75, 3.05) is 13.1 Å². The molecule has 21 heavy (non-hydrogen) atoms. The Morgan fingerprint density at radius 1 is 1.43 bits per heavy atom. The predicted molar refractivity (Wildman–Crippen MR) is 78.5 cm³/mol. The van der Waals surface area contributed by atoms with Crippen molar-refractivity contribution in [2.45, 2.75) is 51.6 Å². The normalized spacial score (nSPS) is 23.9. The molecule has 0 bridgehead atoms. The van der Waals surface area contributed by atoms with Crippen LogP contribution in [-0.4, -0.2) is 52.3 Å². The van der Waals surface area contributed by atoms with E-state index in [1.165, 1.54) is 0 Å². The van der Waals surface area contributed by atoms with Crippen molar-refractivity contribution >= 4 is 17.8 Å². The Balaban J connectivity index is 1.98. The van der Waals surface area contributed by atoms with Gasteiger partial charge in [-0.3, -0.25) is 14.5 Å². The number of amides is 4. The average molecular weight is 293 g/mol. The summed E-state index contributed by atoms with van der Waals surface area (Å²) in [4.78, 5) is 39.0. The lowest BCUT2D eigenvalue weighted by Crippen LogP contribution is -2.46. The molecule has 0 aromatic carbocycles. The quantitative estimate of drug-likeness (QED) is 0.613. The molecule has 4 amide bonds. The molecule has 2 rings (SSSR count). The number of nitrogens with one attached hydrogen (secondary N) is 1. The molecule has 6 heteroatoms. The van der Waals surface area contributed by atoms with E-state index in [9.17, 15) is 14.4 Å².